The van der Waals surface area contributed by atoms with Gasteiger partial charge in [-0.05, 0) is 53.6 Å². The summed E-state index contributed by atoms with van der Waals surface area (Å²) in [6, 6.07) is 3.52. The molecule has 0 bridgehead atoms. The van der Waals surface area contributed by atoms with Crippen molar-refractivity contribution in [1.82, 2.24) is 0 Å². The van der Waals surface area contributed by atoms with E-state index in [9.17, 15) is 18.0 Å². The molecule has 0 aromatic heterocycles. The van der Waals surface area contributed by atoms with E-state index >= 15 is 0 Å². The number of anilines is 1. The zero-order valence-corrected chi connectivity index (χ0v) is 12.0. The Morgan fingerprint density at radius 1 is 1.21 bits per heavy atom. The molecule has 1 N–H and O–H groups in total. The largest absolute Gasteiger partial charge is 0.416 e. The van der Waals surface area contributed by atoms with Crippen LogP contribution in [0, 0.1) is 3.57 Å². The van der Waals surface area contributed by atoms with Gasteiger partial charge in [0.2, 0.25) is 0 Å². The number of hydrogen-bond donors (Lipinski definition) is 1. The lowest BCUT2D eigenvalue weighted by molar-refractivity contribution is -0.137. The summed E-state index contributed by atoms with van der Waals surface area (Å²) in [5, 5.41) is 3.02. The van der Waals surface area contributed by atoms with Crippen LogP contribution in [0.2, 0.25) is 0 Å². The number of ketones is 1. The lowest BCUT2D eigenvalue weighted by Gasteiger charge is -2.16. The molecule has 0 radical (unpaired) electrons. The van der Waals surface area contributed by atoms with E-state index in [0.29, 0.717) is 15.7 Å². The molecule has 2 nitrogen and oxygen atoms in total. The van der Waals surface area contributed by atoms with Crippen molar-refractivity contribution in [3.8, 4) is 0 Å². The first-order valence-electron chi connectivity index (χ1n) is 5.73. The molecular weight excluding hydrogens is 370 g/mol. The number of hydrogen-bond acceptors (Lipinski definition) is 2. The number of halogens is 4. The average Bonchev–Trinajstić information content (AvgIpc) is 2.30. The second-order valence-corrected chi connectivity index (χ2v) is 5.47. The molecule has 1 aliphatic carbocycles. The van der Waals surface area contributed by atoms with Gasteiger partial charge in [0.1, 0.15) is 0 Å². The van der Waals surface area contributed by atoms with Crippen molar-refractivity contribution in [1.29, 1.82) is 0 Å². The van der Waals surface area contributed by atoms with Crippen molar-refractivity contribution in [2.75, 3.05) is 5.32 Å². The molecule has 0 aliphatic heterocycles. The maximum Gasteiger partial charge on any atom is 0.416 e. The number of rotatable bonds is 2. The minimum atomic E-state index is -4.33. The summed E-state index contributed by atoms with van der Waals surface area (Å²) in [5.74, 6) is 0.0515. The fourth-order valence-corrected chi connectivity index (χ4v) is 2.51. The Bertz CT molecular complexity index is 537. The Labute approximate surface area is 122 Å². The van der Waals surface area contributed by atoms with E-state index in [1.54, 1.807) is 0 Å². The molecule has 0 spiro atoms. The summed E-state index contributed by atoms with van der Waals surface area (Å²) < 4.78 is 38.1. The molecule has 2 rings (SSSR count). The van der Waals surface area contributed by atoms with Gasteiger partial charge < -0.3 is 5.32 Å². The van der Waals surface area contributed by atoms with Crippen LogP contribution in [-0.2, 0) is 11.0 Å². The number of allylic oxidation sites excluding steroid dienone is 2. The number of alkyl halides is 3. The molecule has 0 fully saturated rings. The lowest BCUT2D eigenvalue weighted by Crippen LogP contribution is -2.11. The molecule has 6 heteroatoms. The first kappa shape index (κ1) is 14.4. The van der Waals surface area contributed by atoms with Gasteiger partial charge in [-0.15, -0.1) is 0 Å². The second kappa shape index (κ2) is 5.52. The monoisotopic (exact) mass is 381 g/mol. The number of carbonyl (C=O) groups is 1. The van der Waals surface area contributed by atoms with E-state index in [1.165, 1.54) is 12.1 Å². The van der Waals surface area contributed by atoms with Gasteiger partial charge in [-0.1, -0.05) is 0 Å². The van der Waals surface area contributed by atoms with Crippen LogP contribution >= 0.6 is 22.6 Å². The van der Waals surface area contributed by atoms with Crippen LogP contribution < -0.4 is 5.32 Å². The highest BCUT2D eigenvalue weighted by atomic mass is 127. The number of benzene rings is 1. The Morgan fingerprint density at radius 3 is 2.53 bits per heavy atom. The van der Waals surface area contributed by atoms with Crippen molar-refractivity contribution in [3.63, 3.8) is 0 Å². The quantitative estimate of drug-likeness (QED) is 0.772. The second-order valence-electron chi connectivity index (χ2n) is 4.31. The molecule has 1 aromatic rings. The molecule has 0 saturated heterocycles. The first-order chi connectivity index (χ1) is 8.86. The maximum absolute atomic E-state index is 12.5. The standard InChI is InChI=1S/C13H11F3INO/c14-13(15,16)8-4-5-12(11(17)6-8)18-9-2-1-3-10(19)7-9/h4-7,18H,1-3H2. The highest BCUT2D eigenvalue weighted by Crippen LogP contribution is 2.33. The number of carbonyl (C=O) groups excluding carboxylic acids is 1. The normalized spacial score (nSPS) is 16.2. The van der Waals surface area contributed by atoms with Crippen LogP contribution in [0.3, 0.4) is 0 Å². The van der Waals surface area contributed by atoms with Gasteiger partial charge in [-0.3, -0.25) is 4.79 Å². The van der Waals surface area contributed by atoms with Crippen LogP contribution in [0.15, 0.2) is 30.0 Å². The van der Waals surface area contributed by atoms with Crippen molar-refractivity contribution < 1.29 is 18.0 Å². The van der Waals surface area contributed by atoms with Crippen LogP contribution in [-0.4, -0.2) is 5.78 Å². The fraction of sp³-hybridized carbons (Fsp3) is 0.308. The molecule has 0 amide bonds. The maximum atomic E-state index is 12.5. The molecule has 0 saturated carbocycles. The molecule has 0 unspecified atom stereocenters. The van der Waals surface area contributed by atoms with Gasteiger partial charge in [-0.25, -0.2) is 0 Å². The Balaban J connectivity index is 2.20. The van der Waals surface area contributed by atoms with Crippen LogP contribution in [0.5, 0.6) is 0 Å². The third-order valence-corrected chi connectivity index (χ3v) is 3.69. The first-order valence-corrected chi connectivity index (χ1v) is 6.81. The topological polar surface area (TPSA) is 29.1 Å². The summed E-state index contributed by atoms with van der Waals surface area (Å²) in [4.78, 5) is 11.3. The third-order valence-electron chi connectivity index (χ3n) is 2.80. The van der Waals surface area contributed by atoms with Crippen molar-refractivity contribution in [2.45, 2.75) is 25.4 Å². The summed E-state index contributed by atoms with van der Waals surface area (Å²) in [6.07, 6.45) is -0.761. The van der Waals surface area contributed by atoms with Gasteiger partial charge in [0.25, 0.3) is 0 Å². The zero-order chi connectivity index (χ0) is 14.0. The molecule has 1 aromatic carbocycles. The zero-order valence-electron chi connectivity index (χ0n) is 9.85. The molecular formula is C13H11F3INO. The highest BCUT2D eigenvalue weighted by Gasteiger charge is 2.30. The van der Waals surface area contributed by atoms with Gasteiger partial charge in [0.05, 0.1) is 11.3 Å². The highest BCUT2D eigenvalue weighted by molar-refractivity contribution is 14.1. The SMILES string of the molecule is O=C1C=C(Nc2ccc(C(F)(F)F)cc2I)CCC1. The van der Waals surface area contributed by atoms with Crippen LogP contribution in [0.4, 0.5) is 18.9 Å². The van der Waals surface area contributed by atoms with Gasteiger partial charge >= 0.3 is 6.18 Å². The van der Waals surface area contributed by atoms with E-state index in [0.717, 1.165) is 30.7 Å². The minimum Gasteiger partial charge on any atom is -0.358 e. The van der Waals surface area contributed by atoms with Crippen molar-refractivity contribution >= 4 is 34.1 Å². The molecule has 19 heavy (non-hydrogen) atoms. The molecule has 0 atom stereocenters. The summed E-state index contributed by atoms with van der Waals surface area (Å²) in [7, 11) is 0. The Hall–Kier alpha value is -1.05. The van der Waals surface area contributed by atoms with E-state index in [4.69, 9.17) is 0 Å². The molecule has 102 valence electrons. The predicted octanol–water partition coefficient (Wildman–Crippen LogP) is 4.36. The third kappa shape index (κ3) is 3.71. The molecule has 1 aliphatic rings. The smallest absolute Gasteiger partial charge is 0.358 e. The minimum absolute atomic E-state index is 0.0515. The van der Waals surface area contributed by atoms with Crippen LogP contribution in [0.25, 0.3) is 0 Å². The summed E-state index contributed by atoms with van der Waals surface area (Å²) in [5.41, 5.74) is 0.680. The van der Waals surface area contributed by atoms with Gasteiger partial charge in [-0.2, -0.15) is 13.2 Å². The Morgan fingerprint density at radius 2 is 1.95 bits per heavy atom. The van der Waals surface area contributed by atoms with Gasteiger partial charge in [0, 0.05) is 21.8 Å². The summed E-state index contributed by atoms with van der Waals surface area (Å²) in [6.45, 7) is 0. The number of nitrogens with one attached hydrogen (secondary N) is 1. The lowest BCUT2D eigenvalue weighted by atomic mass is 10.0. The van der Waals surface area contributed by atoms with Crippen molar-refractivity contribution in [2.24, 2.45) is 0 Å². The molecule has 0 heterocycles. The Kier molecular flexibility index (Phi) is 4.17. The van der Waals surface area contributed by atoms with E-state index < -0.39 is 11.7 Å². The predicted molar refractivity (Wildman–Crippen MR) is 74.7 cm³/mol. The van der Waals surface area contributed by atoms with Crippen LogP contribution in [0.1, 0.15) is 24.8 Å². The average molecular weight is 381 g/mol. The van der Waals surface area contributed by atoms with E-state index in [2.05, 4.69) is 5.32 Å². The fourth-order valence-electron chi connectivity index (χ4n) is 1.86. The van der Waals surface area contributed by atoms with E-state index in [-0.39, 0.29) is 5.78 Å². The summed E-state index contributed by atoms with van der Waals surface area (Å²) >= 11 is 1.85. The van der Waals surface area contributed by atoms with E-state index in [1.807, 2.05) is 22.6 Å². The van der Waals surface area contributed by atoms with Crippen molar-refractivity contribution in [3.05, 3.63) is 39.1 Å². The van der Waals surface area contributed by atoms with Gasteiger partial charge in [0.15, 0.2) is 5.78 Å².